The van der Waals surface area contributed by atoms with Gasteiger partial charge in [0.2, 0.25) is 0 Å². The van der Waals surface area contributed by atoms with Crippen molar-refractivity contribution in [2.24, 2.45) is 0 Å². The van der Waals surface area contributed by atoms with Crippen LogP contribution >= 0.6 is 15.9 Å². The van der Waals surface area contributed by atoms with Crippen molar-refractivity contribution in [3.63, 3.8) is 0 Å². The molecule has 1 amide bonds. The Morgan fingerprint density at radius 2 is 2.04 bits per heavy atom. The Morgan fingerprint density at radius 1 is 1.26 bits per heavy atom. The number of halogens is 1. The summed E-state index contributed by atoms with van der Waals surface area (Å²) in [4.78, 5) is 22.6. The third-order valence-electron chi connectivity index (χ3n) is 3.14. The van der Waals surface area contributed by atoms with Gasteiger partial charge in [0, 0.05) is 23.6 Å². The molecule has 0 radical (unpaired) electrons. The first kappa shape index (κ1) is 17.4. The summed E-state index contributed by atoms with van der Waals surface area (Å²) in [5, 5.41) is 6.02. The number of likely N-dealkylation sites (N-methyl/N-ethyl adjacent to an activating group) is 1. The van der Waals surface area contributed by atoms with Crippen LogP contribution in [0, 0.1) is 6.92 Å². The fraction of sp³-hybridized carbons (Fsp3) is 0.312. The monoisotopic (exact) mass is 377 g/mol. The van der Waals surface area contributed by atoms with E-state index in [0.717, 1.165) is 23.1 Å². The first-order valence-electron chi connectivity index (χ1n) is 7.24. The van der Waals surface area contributed by atoms with Gasteiger partial charge in [-0.2, -0.15) is 0 Å². The molecule has 1 heterocycles. The highest BCUT2D eigenvalue weighted by Crippen LogP contribution is 2.23. The number of aryl methyl sites for hydroxylation is 1. The summed E-state index contributed by atoms with van der Waals surface area (Å²) in [5.41, 5.74) is 2.14. The smallest absolute Gasteiger partial charge is 0.274 e. The van der Waals surface area contributed by atoms with Crippen molar-refractivity contribution in [3.8, 4) is 0 Å². The number of nitrogens with zero attached hydrogens (tertiary/aromatic N) is 3. The van der Waals surface area contributed by atoms with Crippen LogP contribution in [0.2, 0.25) is 0 Å². The minimum Gasteiger partial charge on any atom is -0.369 e. The van der Waals surface area contributed by atoms with Crippen molar-refractivity contribution in [2.45, 2.75) is 6.92 Å². The van der Waals surface area contributed by atoms with E-state index in [2.05, 4.69) is 41.4 Å². The van der Waals surface area contributed by atoms with Gasteiger partial charge >= 0.3 is 0 Å². The minimum absolute atomic E-state index is 0.271. The van der Waals surface area contributed by atoms with Gasteiger partial charge in [-0.15, -0.1) is 0 Å². The zero-order valence-corrected chi connectivity index (χ0v) is 15.0. The molecular weight excluding hydrogens is 358 g/mol. The van der Waals surface area contributed by atoms with Gasteiger partial charge in [0.05, 0.1) is 5.69 Å². The van der Waals surface area contributed by atoms with E-state index >= 15 is 0 Å². The maximum Gasteiger partial charge on any atom is 0.274 e. The van der Waals surface area contributed by atoms with Crippen LogP contribution in [-0.4, -0.2) is 48.0 Å². The lowest BCUT2D eigenvalue weighted by Gasteiger charge is -2.11. The van der Waals surface area contributed by atoms with Crippen LogP contribution in [-0.2, 0) is 0 Å². The molecule has 7 heteroatoms. The number of nitrogens with one attached hydrogen (secondary N) is 2. The molecule has 0 spiro atoms. The first-order valence-corrected chi connectivity index (χ1v) is 8.03. The predicted octanol–water partition coefficient (Wildman–Crippen LogP) is 2.77. The third kappa shape index (κ3) is 5.30. The Morgan fingerprint density at radius 3 is 2.74 bits per heavy atom. The third-order valence-corrected chi connectivity index (χ3v) is 3.79. The molecule has 0 aliphatic rings. The number of aromatic nitrogens is 2. The molecule has 2 rings (SSSR count). The van der Waals surface area contributed by atoms with E-state index in [0.29, 0.717) is 17.2 Å². The Balaban J connectivity index is 2.04. The second-order valence-corrected chi connectivity index (χ2v) is 6.31. The second-order valence-electron chi connectivity index (χ2n) is 5.46. The van der Waals surface area contributed by atoms with Crippen LogP contribution in [0.4, 0.5) is 11.5 Å². The second kappa shape index (κ2) is 8.03. The molecular formula is C16H20BrN5O. The maximum absolute atomic E-state index is 12.3. The van der Waals surface area contributed by atoms with Gasteiger partial charge in [0.1, 0.15) is 17.8 Å². The van der Waals surface area contributed by atoms with Crippen LogP contribution in [0.25, 0.3) is 0 Å². The van der Waals surface area contributed by atoms with Crippen molar-refractivity contribution in [3.05, 3.63) is 46.3 Å². The molecule has 0 saturated carbocycles. The Labute approximate surface area is 144 Å². The molecule has 23 heavy (non-hydrogen) atoms. The average Bonchev–Trinajstić information content (AvgIpc) is 2.50. The molecule has 0 bridgehead atoms. The van der Waals surface area contributed by atoms with E-state index in [9.17, 15) is 4.79 Å². The van der Waals surface area contributed by atoms with Gasteiger partial charge < -0.3 is 15.5 Å². The van der Waals surface area contributed by atoms with E-state index < -0.39 is 0 Å². The van der Waals surface area contributed by atoms with Crippen LogP contribution in [0.5, 0.6) is 0 Å². The zero-order valence-electron chi connectivity index (χ0n) is 13.4. The van der Waals surface area contributed by atoms with Gasteiger partial charge in [0.15, 0.2) is 0 Å². The Kier molecular flexibility index (Phi) is 6.06. The SMILES string of the molecule is Cc1ccc(NC(=O)c2cc(NCCN(C)C)ncn2)c(Br)c1. The van der Waals surface area contributed by atoms with Crippen LogP contribution in [0.1, 0.15) is 16.1 Å². The number of amides is 1. The minimum atomic E-state index is -0.271. The van der Waals surface area contributed by atoms with Crippen LogP contribution < -0.4 is 10.6 Å². The molecule has 0 unspecified atom stereocenters. The Hall–Kier alpha value is -1.99. The maximum atomic E-state index is 12.3. The molecule has 0 fully saturated rings. The molecule has 6 nitrogen and oxygen atoms in total. The van der Waals surface area contributed by atoms with Crippen molar-refractivity contribution in [1.82, 2.24) is 14.9 Å². The van der Waals surface area contributed by atoms with Gasteiger partial charge in [-0.25, -0.2) is 9.97 Å². The molecule has 2 aromatic rings. The molecule has 122 valence electrons. The van der Waals surface area contributed by atoms with E-state index in [1.165, 1.54) is 6.33 Å². The van der Waals surface area contributed by atoms with E-state index in [1.54, 1.807) is 6.07 Å². The van der Waals surface area contributed by atoms with Gasteiger partial charge in [0.25, 0.3) is 5.91 Å². The fourth-order valence-corrected chi connectivity index (χ4v) is 2.49. The summed E-state index contributed by atoms with van der Waals surface area (Å²) in [6, 6.07) is 7.39. The van der Waals surface area contributed by atoms with E-state index in [4.69, 9.17) is 0 Å². The standard InChI is InChI=1S/C16H20BrN5O/c1-11-4-5-13(12(17)8-11)21-16(23)14-9-15(20-10-19-14)18-6-7-22(2)3/h4-5,8-10H,6-7H2,1-3H3,(H,21,23)(H,18,19,20). The molecule has 0 aliphatic carbocycles. The lowest BCUT2D eigenvalue weighted by molar-refractivity contribution is 0.102. The highest BCUT2D eigenvalue weighted by Gasteiger charge is 2.11. The van der Waals surface area contributed by atoms with Crippen LogP contribution in [0.15, 0.2) is 35.1 Å². The summed E-state index contributed by atoms with van der Waals surface area (Å²) in [7, 11) is 4.00. The molecule has 0 aliphatic heterocycles. The quantitative estimate of drug-likeness (QED) is 0.809. The van der Waals surface area contributed by atoms with Crippen molar-refractivity contribution in [1.29, 1.82) is 0 Å². The van der Waals surface area contributed by atoms with E-state index in [-0.39, 0.29) is 5.91 Å². The number of carbonyl (C=O) groups is 1. The molecule has 2 N–H and O–H groups in total. The number of hydrogen-bond donors (Lipinski definition) is 2. The average molecular weight is 378 g/mol. The summed E-state index contributed by atoms with van der Waals surface area (Å²) < 4.78 is 0.837. The van der Waals surface area contributed by atoms with Crippen molar-refractivity contribution < 1.29 is 4.79 Å². The lowest BCUT2D eigenvalue weighted by Crippen LogP contribution is -2.21. The summed E-state index contributed by atoms with van der Waals surface area (Å²) in [6.45, 7) is 3.61. The summed E-state index contributed by atoms with van der Waals surface area (Å²) in [6.07, 6.45) is 1.39. The van der Waals surface area contributed by atoms with Gasteiger partial charge in [-0.1, -0.05) is 6.07 Å². The zero-order chi connectivity index (χ0) is 16.8. The number of rotatable bonds is 6. The molecule has 0 saturated heterocycles. The number of carbonyl (C=O) groups excluding carboxylic acids is 1. The Bertz CT molecular complexity index is 690. The summed E-state index contributed by atoms with van der Waals surface area (Å²) in [5.74, 6) is 0.364. The first-order chi connectivity index (χ1) is 11.0. The highest BCUT2D eigenvalue weighted by molar-refractivity contribution is 9.10. The fourth-order valence-electron chi connectivity index (χ4n) is 1.89. The predicted molar refractivity (Wildman–Crippen MR) is 95.9 cm³/mol. The van der Waals surface area contributed by atoms with Gasteiger partial charge in [-0.3, -0.25) is 4.79 Å². The summed E-state index contributed by atoms with van der Waals surface area (Å²) >= 11 is 3.45. The number of anilines is 2. The number of hydrogen-bond acceptors (Lipinski definition) is 5. The normalized spacial score (nSPS) is 10.7. The van der Waals surface area contributed by atoms with E-state index in [1.807, 2.05) is 39.2 Å². The van der Waals surface area contributed by atoms with Crippen LogP contribution in [0.3, 0.4) is 0 Å². The largest absolute Gasteiger partial charge is 0.369 e. The topological polar surface area (TPSA) is 70.2 Å². The molecule has 1 aromatic heterocycles. The number of benzene rings is 1. The van der Waals surface area contributed by atoms with Crippen molar-refractivity contribution >= 4 is 33.3 Å². The molecule has 1 aromatic carbocycles. The lowest BCUT2D eigenvalue weighted by atomic mass is 10.2. The highest BCUT2D eigenvalue weighted by atomic mass is 79.9. The molecule has 0 atom stereocenters. The van der Waals surface area contributed by atoms with Gasteiger partial charge in [-0.05, 0) is 54.6 Å². The van der Waals surface area contributed by atoms with Crippen molar-refractivity contribution in [2.75, 3.05) is 37.8 Å².